The molecule has 1 fully saturated rings. The molecule has 6 heteroatoms. The Morgan fingerprint density at radius 1 is 0.929 bits per heavy atom. The zero-order valence-corrected chi connectivity index (χ0v) is 17.0. The highest BCUT2D eigenvalue weighted by Crippen LogP contribution is 2.22. The van der Waals surface area contributed by atoms with Crippen LogP contribution in [-0.4, -0.2) is 29.8 Å². The van der Waals surface area contributed by atoms with Crippen LogP contribution in [0.25, 0.3) is 6.08 Å². The summed E-state index contributed by atoms with van der Waals surface area (Å²) in [5, 5.41) is 3.45. The molecule has 0 radical (unpaired) electrons. The molecule has 2 aromatic rings. The zero-order chi connectivity index (χ0) is 19.9. The molecule has 0 spiro atoms. The van der Waals surface area contributed by atoms with Gasteiger partial charge in [0.05, 0.1) is 10.6 Å². The van der Waals surface area contributed by atoms with E-state index in [1.165, 1.54) is 6.07 Å². The standard InChI is InChI=1S/C22H22Cl2N2O2/c23-17-10-11-18(19(24)15-17)21(27)25-20(14-16-8-4-3-5-9-16)22(28)26-12-6-1-2-7-13-26/h3-5,8-11,14-15H,1-2,6-7,12-13H2,(H,25,27)/b20-14-. The average Bonchev–Trinajstić information content (AvgIpc) is 2.97. The summed E-state index contributed by atoms with van der Waals surface area (Å²) in [5.41, 5.74) is 1.35. The fourth-order valence-electron chi connectivity index (χ4n) is 3.17. The van der Waals surface area contributed by atoms with Crippen LogP contribution in [0.5, 0.6) is 0 Å². The molecule has 1 N–H and O–H groups in total. The van der Waals surface area contributed by atoms with Gasteiger partial charge < -0.3 is 10.2 Å². The number of hydrogen-bond acceptors (Lipinski definition) is 2. The number of rotatable bonds is 4. The van der Waals surface area contributed by atoms with Gasteiger partial charge in [-0.2, -0.15) is 0 Å². The number of amides is 2. The van der Waals surface area contributed by atoms with Gasteiger partial charge in [0.2, 0.25) is 0 Å². The minimum Gasteiger partial charge on any atom is -0.337 e. The lowest BCUT2D eigenvalue weighted by Gasteiger charge is -2.22. The number of nitrogens with one attached hydrogen (secondary N) is 1. The van der Waals surface area contributed by atoms with Gasteiger partial charge in [-0.05, 0) is 42.7 Å². The van der Waals surface area contributed by atoms with E-state index in [9.17, 15) is 9.59 Å². The van der Waals surface area contributed by atoms with E-state index in [0.29, 0.717) is 18.1 Å². The molecule has 0 aromatic heterocycles. The van der Waals surface area contributed by atoms with Gasteiger partial charge in [-0.3, -0.25) is 9.59 Å². The second-order valence-electron chi connectivity index (χ2n) is 6.75. The normalized spacial score (nSPS) is 15.1. The van der Waals surface area contributed by atoms with Crippen molar-refractivity contribution in [3.8, 4) is 0 Å². The van der Waals surface area contributed by atoms with Crippen molar-refractivity contribution in [1.29, 1.82) is 0 Å². The molecule has 4 nitrogen and oxygen atoms in total. The van der Waals surface area contributed by atoms with E-state index < -0.39 is 5.91 Å². The van der Waals surface area contributed by atoms with Crippen LogP contribution in [0.2, 0.25) is 10.0 Å². The predicted octanol–water partition coefficient (Wildman–Crippen LogP) is 5.17. The van der Waals surface area contributed by atoms with Gasteiger partial charge in [0.25, 0.3) is 11.8 Å². The minimum atomic E-state index is -0.438. The number of carbonyl (C=O) groups is 2. The van der Waals surface area contributed by atoms with Crippen LogP contribution in [0.1, 0.15) is 41.6 Å². The van der Waals surface area contributed by atoms with E-state index in [-0.39, 0.29) is 22.2 Å². The summed E-state index contributed by atoms with van der Waals surface area (Å²) < 4.78 is 0. The monoisotopic (exact) mass is 416 g/mol. The maximum absolute atomic E-state index is 13.2. The SMILES string of the molecule is O=C(N/C(=C\c1ccccc1)C(=O)N1CCCCCC1)c1ccc(Cl)cc1Cl. The Bertz CT molecular complexity index is 873. The summed E-state index contributed by atoms with van der Waals surface area (Å²) in [6, 6.07) is 14.1. The first-order valence-electron chi connectivity index (χ1n) is 9.37. The summed E-state index contributed by atoms with van der Waals surface area (Å²) >= 11 is 12.1. The average molecular weight is 417 g/mol. The molecular formula is C22H22Cl2N2O2. The number of halogens is 2. The topological polar surface area (TPSA) is 49.4 Å². The molecule has 2 amide bonds. The number of carbonyl (C=O) groups excluding carboxylic acids is 2. The first kappa shape index (κ1) is 20.4. The number of likely N-dealkylation sites (tertiary alicyclic amines) is 1. The van der Waals surface area contributed by atoms with Crippen LogP contribution in [0.3, 0.4) is 0 Å². The summed E-state index contributed by atoms with van der Waals surface area (Å²) in [4.78, 5) is 27.7. The third-order valence-electron chi connectivity index (χ3n) is 4.66. The van der Waals surface area contributed by atoms with E-state index in [1.54, 1.807) is 18.2 Å². The molecule has 28 heavy (non-hydrogen) atoms. The van der Waals surface area contributed by atoms with Gasteiger partial charge in [-0.15, -0.1) is 0 Å². The van der Waals surface area contributed by atoms with E-state index >= 15 is 0 Å². The Kier molecular flexibility index (Phi) is 7.12. The lowest BCUT2D eigenvalue weighted by atomic mass is 10.1. The van der Waals surface area contributed by atoms with Gasteiger partial charge in [0.15, 0.2) is 0 Å². The molecular weight excluding hydrogens is 395 g/mol. The number of hydrogen-bond donors (Lipinski definition) is 1. The van der Waals surface area contributed by atoms with E-state index in [1.807, 2.05) is 35.2 Å². The highest BCUT2D eigenvalue weighted by atomic mass is 35.5. The molecule has 0 atom stereocenters. The van der Waals surface area contributed by atoms with Crippen molar-refractivity contribution in [3.63, 3.8) is 0 Å². The Labute approximate surface area is 175 Å². The third-order valence-corrected chi connectivity index (χ3v) is 5.21. The van der Waals surface area contributed by atoms with Crippen molar-refractivity contribution in [3.05, 3.63) is 75.4 Å². The summed E-state index contributed by atoms with van der Waals surface area (Å²) in [6.45, 7) is 1.39. The maximum atomic E-state index is 13.2. The fourth-order valence-corrected chi connectivity index (χ4v) is 3.67. The lowest BCUT2D eigenvalue weighted by molar-refractivity contribution is -0.127. The van der Waals surface area contributed by atoms with E-state index in [0.717, 1.165) is 31.2 Å². The largest absolute Gasteiger partial charge is 0.337 e. The molecule has 0 unspecified atom stereocenters. The van der Waals surface area contributed by atoms with Crippen LogP contribution < -0.4 is 5.32 Å². The van der Waals surface area contributed by atoms with E-state index in [4.69, 9.17) is 23.2 Å². The van der Waals surface area contributed by atoms with Gasteiger partial charge >= 0.3 is 0 Å². The maximum Gasteiger partial charge on any atom is 0.270 e. The van der Waals surface area contributed by atoms with Crippen molar-refractivity contribution >= 4 is 41.1 Å². The van der Waals surface area contributed by atoms with Crippen LogP contribution in [0, 0.1) is 0 Å². The molecule has 0 aliphatic carbocycles. The van der Waals surface area contributed by atoms with Gasteiger partial charge in [0, 0.05) is 18.1 Å². The lowest BCUT2D eigenvalue weighted by Crippen LogP contribution is -2.39. The zero-order valence-electron chi connectivity index (χ0n) is 15.5. The van der Waals surface area contributed by atoms with Crippen molar-refractivity contribution in [1.82, 2.24) is 10.2 Å². The molecule has 2 aromatic carbocycles. The van der Waals surface area contributed by atoms with Gasteiger partial charge in [-0.1, -0.05) is 66.4 Å². The Morgan fingerprint density at radius 2 is 1.61 bits per heavy atom. The van der Waals surface area contributed by atoms with Crippen LogP contribution >= 0.6 is 23.2 Å². The Balaban J connectivity index is 1.88. The molecule has 0 saturated carbocycles. The molecule has 1 heterocycles. The highest BCUT2D eigenvalue weighted by molar-refractivity contribution is 6.36. The summed E-state index contributed by atoms with van der Waals surface area (Å²) in [5.74, 6) is -0.615. The summed E-state index contributed by atoms with van der Waals surface area (Å²) in [7, 11) is 0. The second kappa shape index (κ2) is 9.76. The highest BCUT2D eigenvalue weighted by Gasteiger charge is 2.22. The molecule has 3 rings (SSSR count). The van der Waals surface area contributed by atoms with Crippen LogP contribution in [0.15, 0.2) is 54.2 Å². The van der Waals surface area contributed by atoms with Gasteiger partial charge in [0.1, 0.15) is 5.70 Å². The van der Waals surface area contributed by atoms with Crippen molar-refractivity contribution in [2.24, 2.45) is 0 Å². The van der Waals surface area contributed by atoms with Crippen molar-refractivity contribution < 1.29 is 9.59 Å². The van der Waals surface area contributed by atoms with Crippen LogP contribution in [0.4, 0.5) is 0 Å². The first-order chi connectivity index (χ1) is 13.5. The molecule has 1 saturated heterocycles. The predicted molar refractivity (Wildman–Crippen MR) is 113 cm³/mol. The number of nitrogens with zero attached hydrogens (tertiary/aromatic N) is 1. The van der Waals surface area contributed by atoms with Crippen molar-refractivity contribution in [2.45, 2.75) is 25.7 Å². The Morgan fingerprint density at radius 3 is 2.25 bits per heavy atom. The van der Waals surface area contributed by atoms with Gasteiger partial charge in [-0.25, -0.2) is 0 Å². The Hall–Kier alpha value is -2.30. The smallest absolute Gasteiger partial charge is 0.270 e. The van der Waals surface area contributed by atoms with Crippen LogP contribution in [-0.2, 0) is 4.79 Å². The first-order valence-corrected chi connectivity index (χ1v) is 10.1. The fraction of sp³-hybridized carbons (Fsp3) is 0.273. The second-order valence-corrected chi connectivity index (χ2v) is 7.60. The molecule has 1 aliphatic heterocycles. The summed E-state index contributed by atoms with van der Waals surface area (Å²) in [6.07, 6.45) is 5.89. The van der Waals surface area contributed by atoms with E-state index in [2.05, 4.69) is 5.32 Å². The molecule has 0 bridgehead atoms. The molecule has 146 valence electrons. The minimum absolute atomic E-state index is 0.177. The van der Waals surface area contributed by atoms with Crippen molar-refractivity contribution in [2.75, 3.05) is 13.1 Å². The quantitative estimate of drug-likeness (QED) is 0.698. The molecule has 1 aliphatic rings. The third kappa shape index (κ3) is 5.37. The number of benzene rings is 2.